The summed E-state index contributed by atoms with van der Waals surface area (Å²) < 4.78 is 29.6. The number of carbonyl (C=O) groups excluding carboxylic acids is 1. The summed E-state index contributed by atoms with van der Waals surface area (Å²) in [5, 5.41) is 5.16. The van der Waals surface area contributed by atoms with E-state index >= 15 is 0 Å². The van der Waals surface area contributed by atoms with E-state index < -0.39 is 10.0 Å². The number of carbonyl (C=O) groups is 1. The first-order valence-corrected chi connectivity index (χ1v) is 14.1. The Bertz CT molecular complexity index is 1200. The van der Waals surface area contributed by atoms with Gasteiger partial charge in [0.2, 0.25) is 15.9 Å². The maximum absolute atomic E-state index is 13.0. The molecule has 1 aliphatic rings. The summed E-state index contributed by atoms with van der Waals surface area (Å²) in [5.41, 5.74) is 1.59. The summed E-state index contributed by atoms with van der Waals surface area (Å²) in [6.07, 6.45) is 4.43. The van der Waals surface area contributed by atoms with Crippen molar-refractivity contribution in [1.82, 2.24) is 19.2 Å². The topological polar surface area (TPSA) is 84.3 Å². The monoisotopic (exact) mass is 488 g/mol. The minimum absolute atomic E-state index is 0.00246. The first-order valence-electron chi connectivity index (χ1n) is 11.8. The van der Waals surface area contributed by atoms with E-state index in [0.29, 0.717) is 36.3 Å². The van der Waals surface area contributed by atoms with Crippen LogP contribution in [0.5, 0.6) is 0 Å². The van der Waals surface area contributed by atoms with Crippen LogP contribution in [-0.2, 0) is 27.8 Å². The van der Waals surface area contributed by atoms with Gasteiger partial charge < -0.3 is 9.88 Å². The Hall–Kier alpha value is -2.23. The number of amides is 1. The molecule has 1 fully saturated rings. The van der Waals surface area contributed by atoms with Crippen molar-refractivity contribution < 1.29 is 13.2 Å². The molecule has 1 atom stereocenters. The first kappa shape index (κ1) is 23.9. The number of aryl methyl sites for hydroxylation is 2. The smallest absolute Gasteiger partial charge is 0.243 e. The van der Waals surface area contributed by atoms with Gasteiger partial charge in [0.25, 0.3) is 0 Å². The van der Waals surface area contributed by atoms with Crippen LogP contribution in [0.4, 0.5) is 0 Å². The number of nitrogens with zero attached hydrogens (tertiary/aromatic N) is 3. The average molecular weight is 489 g/mol. The molecular formula is C24H32N4O3S2. The van der Waals surface area contributed by atoms with E-state index in [1.54, 1.807) is 27.8 Å². The molecule has 2 aromatic heterocycles. The third kappa shape index (κ3) is 5.15. The molecule has 1 unspecified atom stereocenters. The van der Waals surface area contributed by atoms with Gasteiger partial charge in [-0.1, -0.05) is 19.9 Å². The van der Waals surface area contributed by atoms with Crippen molar-refractivity contribution in [3.05, 3.63) is 46.4 Å². The molecule has 33 heavy (non-hydrogen) atoms. The van der Waals surface area contributed by atoms with E-state index in [1.807, 2.05) is 23.6 Å². The van der Waals surface area contributed by atoms with Crippen molar-refractivity contribution >= 4 is 38.3 Å². The molecule has 1 aromatic carbocycles. The van der Waals surface area contributed by atoms with Crippen LogP contribution in [0, 0.1) is 0 Å². The summed E-state index contributed by atoms with van der Waals surface area (Å²) in [4.78, 5) is 18.9. The minimum atomic E-state index is -3.49. The van der Waals surface area contributed by atoms with Crippen molar-refractivity contribution in [2.24, 2.45) is 0 Å². The molecule has 0 bridgehead atoms. The lowest BCUT2D eigenvalue weighted by molar-refractivity contribution is -0.121. The summed E-state index contributed by atoms with van der Waals surface area (Å²) in [6.45, 7) is 6.10. The first-order chi connectivity index (χ1) is 15.9. The number of benzene rings is 1. The lowest BCUT2D eigenvalue weighted by Gasteiger charge is -2.15. The maximum Gasteiger partial charge on any atom is 0.243 e. The zero-order valence-corrected chi connectivity index (χ0v) is 20.9. The fourth-order valence-electron chi connectivity index (χ4n) is 4.42. The van der Waals surface area contributed by atoms with E-state index in [-0.39, 0.29) is 11.9 Å². The molecule has 1 amide bonds. The Balaban J connectivity index is 1.53. The molecule has 9 heteroatoms. The molecule has 0 saturated carbocycles. The van der Waals surface area contributed by atoms with Crippen molar-refractivity contribution in [2.75, 3.05) is 13.1 Å². The highest BCUT2D eigenvalue weighted by Gasteiger charge is 2.28. The predicted molar refractivity (Wildman–Crippen MR) is 132 cm³/mol. The Morgan fingerprint density at radius 3 is 2.67 bits per heavy atom. The highest BCUT2D eigenvalue weighted by atomic mass is 32.2. The second-order valence-corrected chi connectivity index (χ2v) is 11.4. The standard InChI is InChI=1S/C24H32N4O3S2/c1-3-13-28-21-10-9-18(33(30,31)27-14-5-6-15-27)17-20(21)25-23(28)11-12-24(29)26-19(4-2)22-8-7-16-32-22/h7-10,16-17,19H,3-6,11-15H2,1-2H3,(H,26,29). The Morgan fingerprint density at radius 1 is 1.21 bits per heavy atom. The lowest BCUT2D eigenvalue weighted by Crippen LogP contribution is -2.28. The van der Waals surface area contributed by atoms with Gasteiger partial charge in [-0.2, -0.15) is 4.31 Å². The zero-order valence-electron chi connectivity index (χ0n) is 19.3. The van der Waals surface area contributed by atoms with E-state index in [1.165, 1.54) is 0 Å². The third-order valence-electron chi connectivity index (χ3n) is 6.15. The van der Waals surface area contributed by atoms with Gasteiger partial charge in [-0.25, -0.2) is 13.4 Å². The van der Waals surface area contributed by atoms with Crippen LogP contribution in [0.1, 0.15) is 62.7 Å². The molecular weight excluding hydrogens is 456 g/mol. The number of thiophene rings is 1. The molecule has 4 rings (SSSR count). The van der Waals surface area contributed by atoms with Crippen molar-refractivity contribution in [2.45, 2.75) is 69.9 Å². The molecule has 0 spiro atoms. The third-order valence-corrected chi connectivity index (χ3v) is 9.04. The van der Waals surface area contributed by atoms with Gasteiger partial charge in [-0.05, 0) is 55.3 Å². The van der Waals surface area contributed by atoms with Crippen LogP contribution >= 0.6 is 11.3 Å². The Labute approximate surface area is 199 Å². The number of nitrogens with one attached hydrogen (secondary N) is 1. The summed E-state index contributed by atoms with van der Waals surface area (Å²) >= 11 is 1.65. The van der Waals surface area contributed by atoms with Gasteiger partial charge in [0, 0.05) is 37.4 Å². The molecule has 7 nitrogen and oxygen atoms in total. The van der Waals surface area contributed by atoms with E-state index in [2.05, 4.69) is 23.7 Å². The predicted octanol–water partition coefficient (Wildman–Crippen LogP) is 4.49. The largest absolute Gasteiger partial charge is 0.348 e. The van der Waals surface area contributed by atoms with Gasteiger partial charge in [0.15, 0.2) is 0 Å². The highest BCUT2D eigenvalue weighted by Crippen LogP contribution is 2.26. The maximum atomic E-state index is 13.0. The fraction of sp³-hybridized carbons (Fsp3) is 0.500. The normalized spacial score (nSPS) is 15.8. The van der Waals surface area contributed by atoms with E-state index in [9.17, 15) is 13.2 Å². The quantitative estimate of drug-likeness (QED) is 0.456. The molecule has 0 radical (unpaired) electrons. The minimum Gasteiger partial charge on any atom is -0.348 e. The van der Waals surface area contributed by atoms with Crippen molar-refractivity contribution in [3.8, 4) is 0 Å². The van der Waals surface area contributed by atoms with Crippen molar-refractivity contribution in [1.29, 1.82) is 0 Å². The molecule has 1 aliphatic heterocycles. The van der Waals surface area contributed by atoms with Gasteiger partial charge in [0.05, 0.1) is 22.0 Å². The van der Waals surface area contributed by atoms with Crippen LogP contribution in [0.25, 0.3) is 11.0 Å². The van der Waals surface area contributed by atoms with Gasteiger partial charge in [-0.3, -0.25) is 4.79 Å². The lowest BCUT2D eigenvalue weighted by atomic mass is 10.1. The second-order valence-electron chi connectivity index (χ2n) is 8.49. The van der Waals surface area contributed by atoms with E-state index in [4.69, 9.17) is 4.98 Å². The number of rotatable bonds is 10. The number of sulfonamides is 1. The SMILES string of the molecule is CCCn1c(CCC(=O)NC(CC)c2cccs2)nc2cc(S(=O)(=O)N3CCCC3)ccc21. The number of hydrogen-bond donors (Lipinski definition) is 1. The van der Waals surface area contributed by atoms with Gasteiger partial charge in [0.1, 0.15) is 5.82 Å². The number of imidazole rings is 1. The van der Waals surface area contributed by atoms with Crippen LogP contribution in [0.3, 0.4) is 0 Å². The zero-order chi connectivity index (χ0) is 23.4. The van der Waals surface area contributed by atoms with Crippen LogP contribution in [0.15, 0.2) is 40.6 Å². The van der Waals surface area contributed by atoms with Gasteiger partial charge in [-0.15, -0.1) is 11.3 Å². The summed E-state index contributed by atoms with van der Waals surface area (Å²) in [6, 6.07) is 9.31. The van der Waals surface area contributed by atoms with E-state index in [0.717, 1.165) is 48.4 Å². The number of fused-ring (bicyclic) bond motifs is 1. The van der Waals surface area contributed by atoms with Crippen LogP contribution in [0.2, 0.25) is 0 Å². The molecule has 1 saturated heterocycles. The Morgan fingerprint density at radius 2 is 2.00 bits per heavy atom. The fourth-order valence-corrected chi connectivity index (χ4v) is 6.82. The Kier molecular flexibility index (Phi) is 7.51. The highest BCUT2D eigenvalue weighted by molar-refractivity contribution is 7.89. The second kappa shape index (κ2) is 10.4. The van der Waals surface area contributed by atoms with Crippen LogP contribution < -0.4 is 5.32 Å². The number of aromatic nitrogens is 2. The summed E-state index contributed by atoms with van der Waals surface area (Å²) in [7, 11) is -3.49. The van der Waals surface area contributed by atoms with Crippen molar-refractivity contribution in [3.63, 3.8) is 0 Å². The molecule has 1 N–H and O–H groups in total. The molecule has 3 heterocycles. The molecule has 0 aliphatic carbocycles. The van der Waals surface area contributed by atoms with Gasteiger partial charge >= 0.3 is 0 Å². The molecule has 3 aromatic rings. The summed E-state index contributed by atoms with van der Waals surface area (Å²) in [5.74, 6) is 0.824. The van der Waals surface area contributed by atoms with Crippen LogP contribution in [-0.4, -0.2) is 41.3 Å². The molecule has 178 valence electrons. The number of hydrogen-bond acceptors (Lipinski definition) is 5. The average Bonchev–Trinajstić information content (AvgIpc) is 3.58.